The molecular weight excluding hydrogens is 354 g/mol. The number of fused-ring (bicyclic) bond motifs is 1. The Hall–Kier alpha value is -1.52. The lowest BCUT2D eigenvalue weighted by molar-refractivity contribution is -0.142. The first kappa shape index (κ1) is 14.4. The summed E-state index contributed by atoms with van der Waals surface area (Å²) >= 11 is 9.34. The van der Waals surface area contributed by atoms with Crippen molar-refractivity contribution in [1.82, 2.24) is 0 Å². The van der Waals surface area contributed by atoms with E-state index in [1.807, 2.05) is 24.3 Å². The van der Waals surface area contributed by atoms with Crippen LogP contribution in [0.2, 0.25) is 5.02 Å². The van der Waals surface area contributed by atoms with E-state index in [4.69, 9.17) is 11.6 Å². The van der Waals surface area contributed by atoms with E-state index < -0.39 is 11.5 Å². The largest absolute Gasteiger partial charge is 0.479 e. The summed E-state index contributed by atoms with van der Waals surface area (Å²) in [5.74, 6) is -0.843. The molecular formula is C16H13BrClNO2. The van der Waals surface area contributed by atoms with Crippen LogP contribution in [0.1, 0.15) is 11.1 Å². The highest BCUT2D eigenvalue weighted by molar-refractivity contribution is 9.10. The highest BCUT2D eigenvalue weighted by Gasteiger charge is 2.44. The summed E-state index contributed by atoms with van der Waals surface area (Å²) in [6, 6.07) is 13.2. The van der Waals surface area contributed by atoms with Crippen LogP contribution in [-0.4, -0.2) is 16.6 Å². The third-order valence-electron chi connectivity index (χ3n) is 3.82. The first-order valence-electron chi connectivity index (χ1n) is 6.54. The third kappa shape index (κ3) is 2.65. The van der Waals surface area contributed by atoms with Crippen LogP contribution in [0.3, 0.4) is 0 Å². The fourth-order valence-electron chi connectivity index (χ4n) is 2.76. The number of carboxylic acid groups (broad SMARTS) is 1. The number of rotatable bonds is 3. The van der Waals surface area contributed by atoms with Crippen LogP contribution in [0.4, 0.5) is 5.69 Å². The second-order valence-electron chi connectivity index (χ2n) is 5.26. The summed E-state index contributed by atoms with van der Waals surface area (Å²) in [6.45, 7) is 0. The van der Waals surface area contributed by atoms with Crippen LogP contribution in [0, 0.1) is 0 Å². The standard InChI is InChI=1S/C16H13BrClNO2/c17-13-7-12(5-6-14(13)18)19-16(15(20)21)8-10-3-1-2-4-11(10)9-16/h1-7,19H,8-9H2,(H,20,21). The molecule has 108 valence electrons. The molecule has 1 aliphatic rings. The Balaban J connectivity index is 1.94. The summed E-state index contributed by atoms with van der Waals surface area (Å²) in [6.07, 6.45) is 0.942. The molecule has 0 radical (unpaired) electrons. The molecule has 0 heterocycles. The molecule has 1 aliphatic carbocycles. The Morgan fingerprint density at radius 1 is 1.19 bits per heavy atom. The van der Waals surface area contributed by atoms with E-state index in [-0.39, 0.29) is 0 Å². The number of hydrogen-bond acceptors (Lipinski definition) is 2. The summed E-state index contributed by atoms with van der Waals surface area (Å²) in [5.41, 5.74) is 1.90. The molecule has 0 unspecified atom stereocenters. The number of carboxylic acids is 1. The minimum atomic E-state index is -1.00. The molecule has 0 aliphatic heterocycles. The van der Waals surface area contributed by atoms with Crippen LogP contribution in [-0.2, 0) is 17.6 Å². The zero-order valence-corrected chi connectivity index (χ0v) is 13.4. The van der Waals surface area contributed by atoms with Gasteiger partial charge >= 0.3 is 5.97 Å². The predicted molar refractivity (Wildman–Crippen MR) is 87.0 cm³/mol. The van der Waals surface area contributed by atoms with Gasteiger partial charge in [-0.05, 0) is 45.3 Å². The molecule has 0 saturated carbocycles. The van der Waals surface area contributed by atoms with Crippen molar-refractivity contribution in [1.29, 1.82) is 0 Å². The van der Waals surface area contributed by atoms with Crippen LogP contribution >= 0.6 is 27.5 Å². The van der Waals surface area contributed by atoms with Gasteiger partial charge in [0.1, 0.15) is 5.54 Å². The third-order valence-corrected chi connectivity index (χ3v) is 5.03. The molecule has 0 atom stereocenters. The SMILES string of the molecule is O=C(O)C1(Nc2ccc(Cl)c(Br)c2)Cc2ccccc2C1. The Morgan fingerprint density at radius 3 is 2.33 bits per heavy atom. The van der Waals surface area contributed by atoms with Crippen LogP contribution in [0.5, 0.6) is 0 Å². The van der Waals surface area contributed by atoms with E-state index in [1.165, 1.54) is 0 Å². The van der Waals surface area contributed by atoms with Crippen LogP contribution < -0.4 is 5.32 Å². The monoisotopic (exact) mass is 365 g/mol. The van der Waals surface area contributed by atoms with E-state index in [0.29, 0.717) is 17.9 Å². The van der Waals surface area contributed by atoms with Crippen molar-refractivity contribution >= 4 is 39.2 Å². The van der Waals surface area contributed by atoms with Gasteiger partial charge in [-0.1, -0.05) is 35.9 Å². The molecule has 0 fully saturated rings. The van der Waals surface area contributed by atoms with Crippen molar-refractivity contribution in [2.75, 3.05) is 5.32 Å². The fourth-order valence-corrected chi connectivity index (χ4v) is 3.25. The van der Waals surface area contributed by atoms with E-state index in [0.717, 1.165) is 21.3 Å². The Labute approximate surface area is 136 Å². The summed E-state index contributed by atoms with van der Waals surface area (Å²) in [4.78, 5) is 11.8. The molecule has 2 aromatic carbocycles. The van der Waals surface area contributed by atoms with Crippen molar-refractivity contribution in [3.63, 3.8) is 0 Å². The second kappa shape index (κ2) is 5.35. The second-order valence-corrected chi connectivity index (χ2v) is 6.52. The number of hydrogen-bond donors (Lipinski definition) is 2. The lowest BCUT2D eigenvalue weighted by Crippen LogP contribution is -2.47. The smallest absolute Gasteiger partial charge is 0.330 e. The topological polar surface area (TPSA) is 49.3 Å². The quantitative estimate of drug-likeness (QED) is 0.858. The van der Waals surface area contributed by atoms with Gasteiger partial charge in [-0.3, -0.25) is 0 Å². The molecule has 0 saturated heterocycles. The molecule has 5 heteroatoms. The predicted octanol–water partition coefficient (Wildman–Crippen LogP) is 4.14. The minimum absolute atomic E-state index is 0.471. The lowest BCUT2D eigenvalue weighted by atomic mass is 9.95. The van der Waals surface area contributed by atoms with Crippen LogP contribution in [0.25, 0.3) is 0 Å². The highest BCUT2D eigenvalue weighted by Crippen LogP contribution is 2.34. The van der Waals surface area contributed by atoms with Crippen molar-refractivity contribution < 1.29 is 9.90 Å². The lowest BCUT2D eigenvalue weighted by Gasteiger charge is -2.27. The minimum Gasteiger partial charge on any atom is -0.479 e. The van der Waals surface area contributed by atoms with E-state index in [2.05, 4.69) is 21.2 Å². The van der Waals surface area contributed by atoms with Crippen molar-refractivity contribution in [3.8, 4) is 0 Å². The van der Waals surface area contributed by atoms with Crippen LogP contribution in [0.15, 0.2) is 46.9 Å². The maximum absolute atomic E-state index is 11.8. The van der Waals surface area contributed by atoms with Gasteiger partial charge in [0.2, 0.25) is 0 Å². The van der Waals surface area contributed by atoms with Gasteiger partial charge in [0.15, 0.2) is 0 Å². The Morgan fingerprint density at radius 2 is 1.81 bits per heavy atom. The van der Waals surface area contributed by atoms with E-state index in [9.17, 15) is 9.90 Å². The number of anilines is 1. The number of carbonyl (C=O) groups is 1. The maximum Gasteiger partial charge on any atom is 0.330 e. The average molecular weight is 367 g/mol. The molecule has 3 rings (SSSR count). The van der Waals surface area contributed by atoms with Gasteiger partial charge in [-0.2, -0.15) is 0 Å². The van der Waals surface area contributed by atoms with Crippen molar-refractivity contribution in [3.05, 3.63) is 63.1 Å². The molecule has 21 heavy (non-hydrogen) atoms. The first-order chi connectivity index (χ1) is 10.00. The number of benzene rings is 2. The zero-order chi connectivity index (χ0) is 15.0. The van der Waals surface area contributed by atoms with Gasteiger partial charge in [0.05, 0.1) is 5.02 Å². The summed E-state index contributed by atoms with van der Waals surface area (Å²) in [5, 5.41) is 13.5. The molecule has 2 N–H and O–H groups in total. The first-order valence-corrected chi connectivity index (χ1v) is 7.71. The van der Waals surface area contributed by atoms with Gasteiger partial charge < -0.3 is 10.4 Å². The van der Waals surface area contributed by atoms with E-state index in [1.54, 1.807) is 18.2 Å². The van der Waals surface area contributed by atoms with Gasteiger partial charge in [0, 0.05) is 23.0 Å². The van der Waals surface area contributed by atoms with Gasteiger partial charge in [-0.15, -0.1) is 0 Å². The van der Waals surface area contributed by atoms with E-state index >= 15 is 0 Å². The molecule has 0 spiro atoms. The van der Waals surface area contributed by atoms with Gasteiger partial charge in [0.25, 0.3) is 0 Å². The zero-order valence-electron chi connectivity index (χ0n) is 11.1. The normalized spacial score (nSPS) is 15.5. The molecule has 0 bridgehead atoms. The Kier molecular flexibility index (Phi) is 3.68. The maximum atomic E-state index is 11.8. The van der Waals surface area contributed by atoms with Crippen molar-refractivity contribution in [2.24, 2.45) is 0 Å². The molecule has 3 nitrogen and oxygen atoms in total. The van der Waals surface area contributed by atoms with Crippen molar-refractivity contribution in [2.45, 2.75) is 18.4 Å². The number of aliphatic carboxylic acids is 1. The fraction of sp³-hybridized carbons (Fsp3) is 0.188. The van der Waals surface area contributed by atoms with Gasteiger partial charge in [-0.25, -0.2) is 4.79 Å². The molecule has 2 aromatic rings. The highest BCUT2D eigenvalue weighted by atomic mass is 79.9. The number of halogens is 2. The number of nitrogens with one attached hydrogen (secondary N) is 1. The summed E-state index contributed by atoms with van der Waals surface area (Å²) < 4.78 is 0.741. The molecule has 0 amide bonds. The Bertz CT molecular complexity index is 692. The molecule has 0 aromatic heterocycles. The average Bonchev–Trinajstić information content (AvgIpc) is 2.82. The summed E-state index contributed by atoms with van der Waals surface area (Å²) in [7, 11) is 0.